The molecule has 5 aliphatic carbocycles. The fourth-order valence-corrected chi connectivity index (χ4v) is 9.27. The predicted molar refractivity (Wildman–Crippen MR) is 182 cm³/mol. The topological polar surface area (TPSA) is 134 Å². The van der Waals surface area contributed by atoms with Gasteiger partial charge in [-0.3, -0.25) is 19.1 Å². The van der Waals surface area contributed by atoms with Crippen LogP contribution in [-0.4, -0.2) is 50.1 Å². The summed E-state index contributed by atoms with van der Waals surface area (Å²) in [7, 11) is 1.77. The number of nitrogens with zero attached hydrogens (tertiary/aromatic N) is 3. The number of amides is 3. The van der Waals surface area contributed by atoms with Crippen molar-refractivity contribution < 1.29 is 14.4 Å². The van der Waals surface area contributed by atoms with Gasteiger partial charge in [0.25, 0.3) is 5.91 Å². The van der Waals surface area contributed by atoms with E-state index in [9.17, 15) is 14.4 Å². The van der Waals surface area contributed by atoms with Crippen LogP contribution in [0.15, 0.2) is 54.7 Å². The van der Waals surface area contributed by atoms with Crippen LogP contribution in [0.3, 0.4) is 0 Å². The quantitative estimate of drug-likeness (QED) is 0.193. The van der Waals surface area contributed by atoms with Crippen molar-refractivity contribution in [3.63, 3.8) is 0 Å². The maximum absolute atomic E-state index is 14.0. The Kier molecular flexibility index (Phi) is 7.09. The van der Waals surface area contributed by atoms with Gasteiger partial charge in [-0.05, 0) is 112 Å². The molecular weight excluding hydrogens is 602 g/mol. The van der Waals surface area contributed by atoms with E-state index in [-0.39, 0.29) is 40.5 Å². The molecule has 0 aliphatic heterocycles. The molecule has 10 heteroatoms. The summed E-state index contributed by atoms with van der Waals surface area (Å²) < 4.78 is 1.59. The summed E-state index contributed by atoms with van der Waals surface area (Å²) in [5.41, 5.74) is 4.55. The Balaban J connectivity index is 1.12. The van der Waals surface area contributed by atoms with Gasteiger partial charge in [0, 0.05) is 31.1 Å². The number of likely N-dealkylation sites (N-methyl/N-ethyl adjacent to an activating group) is 1. The number of rotatable bonds is 10. The number of H-pyrrole nitrogens is 1. The number of hydrogen-bond acceptors (Lipinski definition) is 5. The molecule has 4 N–H and O–H groups in total. The largest absolute Gasteiger partial charge is 0.355 e. The standard InChI is InChI=1S/C38H45N7O3/c1-5-39-34(47)31(38-14-12-22(19-38)20-38)44-35(48)36(2,3)24-10-11-26-27(18-24)42-32(41-26)30(43-33(46)28-13-17-40-45(28)4)29-25-9-7-6-8-23(25)21-37(29)15-16-37/h6-11,13,17-18,22,29-31H,5,12,14-16,19-21H2,1-4H3,(H,39,47)(H,41,42)(H,43,46)(H,44,48)/t22?,29-,30+,31+,38?/m1/s1. The summed E-state index contributed by atoms with van der Waals surface area (Å²) >= 11 is 0. The summed E-state index contributed by atoms with van der Waals surface area (Å²) in [6, 6.07) is 15.3. The molecule has 10 nitrogen and oxygen atoms in total. The third kappa shape index (κ3) is 4.86. The molecule has 1 spiro atoms. The number of carbonyl (C=O) groups is 3. The minimum absolute atomic E-state index is 0.0698. The Bertz CT molecular complexity index is 1920. The fourth-order valence-electron chi connectivity index (χ4n) is 9.27. The van der Waals surface area contributed by atoms with E-state index in [2.05, 4.69) is 50.3 Å². The Morgan fingerprint density at radius 3 is 2.54 bits per heavy atom. The summed E-state index contributed by atoms with van der Waals surface area (Å²) in [5.74, 6) is 0.998. The van der Waals surface area contributed by atoms with Gasteiger partial charge >= 0.3 is 0 Å². The highest BCUT2D eigenvalue weighted by molar-refractivity contribution is 5.94. The first-order valence-electron chi connectivity index (χ1n) is 17.5. The smallest absolute Gasteiger partial charge is 0.270 e. The van der Waals surface area contributed by atoms with Crippen molar-refractivity contribution in [2.75, 3.05) is 6.54 Å². The lowest BCUT2D eigenvalue weighted by Gasteiger charge is -2.45. The Hall–Kier alpha value is -4.47. The van der Waals surface area contributed by atoms with E-state index in [4.69, 9.17) is 4.98 Å². The fraction of sp³-hybridized carbons (Fsp3) is 0.500. The van der Waals surface area contributed by atoms with Crippen molar-refractivity contribution in [2.45, 2.75) is 89.1 Å². The van der Waals surface area contributed by atoms with Crippen molar-refractivity contribution in [2.24, 2.45) is 23.8 Å². The molecule has 3 atom stereocenters. The van der Waals surface area contributed by atoms with Crippen LogP contribution in [0.4, 0.5) is 0 Å². The Labute approximate surface area is 280 Å². The highest BCUT2D eigenvalue weighted by Crippen LogP contribution is 2.66. The van der Waals surface area contributed by atoms with Gasteiger partial charge in [-0.25, -0.2) is 4.98 Å². The number of aromatic nitrogens is 4. The molecule has 4 saturated carbocycles. The van der Waals surface area contributed by atoms with Crippen molar-refractivity contribution in [1.29, 1.82) is 0 Å². The van der Waals surface area contributed by atoms with Crippen molar-refractivity contribution in [1.82, 2.24) is 35.7 Å². The first kappa shape index (κ1) is 30.8. The first-order chi connectivity index (χ1) is 23.0. The van der Waals surface area contributed by atoms with Crippen LogP contribution in [0.2, 0.25) is 0 Å². The summed E-state index contributed by atoms with van der Waals surface area (Å²) in [4.78, 5) is 49.6. The van der Waals surface area contributed by atoms with Crippen LogP contribution < -0.4 is 16.0 Å². The normalized spacial score (nSPS) is 24.5. The van der Waals surface area contributed by atoms with E-state index >= 15 is 0 Å². The molecule has 0 radical (unpaired) electrons. The molecule has 2 heterocycles. The molecule has 2 bridgehead atoms. The lowest BCUT2D eigenvalue weighted by Crippen LogP contribution is -2.60. The molecule has 5 aliphatic rings. The predicted octanol–water partition coefficient (Wildman–Crippen LogP) is 4.98. The second kappa shape index (κ2) is 11.0. The number of imidazole rings is 1. The Morgan fingerprint density at radius 2 is 1.85 bits per heavy atom. The number of benzene rings is 2. The van der Waals surface area contributed by atoms with E-state index < -0.39 is 11.5 Å². The molecule has 0 saturated heterocycles. The van der Waals surface area contributed by atoms with Gasteiger partial charge < -0.3 is 20.9 Å². The first-order valence-corrected chi connectivity index (χ1v) is 17.5. The van der Waals surface area contributed by atoms with Crippen molar-refractivity contribution in [3.05, 3.63) is 82.9 Å². The van der Waals surface area contributed by atoms with Gasteiger partial charge in [-0.15, -0.1) is 0 Å². The molecule has 3 amide bonds. The van der Waals surface area contributed by atoms with Gasteiger partial charge in [0.15, 0.2) is 0 Å². The minimum Gasteiger partial charge on any atom is -0.355 e. The highest BCUT2D eigenvalue weighted by Gasteiger charge is 2.59. The van der Waals surface area contributed by atoms with Crippen molar-refractivity contribution in [3.8, 4) is 0 Å². The third-order valence-electron chi connectivity index (χ3n) is 12.2. The molecule has 250 valence electrons. The van der Waals surface area contributed by atoms with E-state index in [1.807, 2.05) is 39.0 Å². The van der Waals surface area contributed by atoms with Crippen LogP contribution in [0.5, 0.6) is 0 Å². The van der Waals surface area contributed by atoms with E-state index in [1.165, 1.54) is 11.1 Å². The van der Waals surface area contributed by atoms with Crippen molar-refractivity contribution >= 4 is 28.8 Å². The lowest BCUT2D eigenvalue weighted by atomic mass is 9.64. The van der Waals surface area contributed by atoms with Crippen LogP contribution in [-0.2, 0) is 28.5 Å². The zero-order valence-corrected chi connectivity index (χ0v) is 28.2. The molecule has 4 fully saturated rings. The molecule has 48 heavy (non-hydrogen) atoms. The molecule has 4 aromatic rings. The lowest BCUT2D eigenvalue weighted by molar-refractivity contribution is -0.136. The number of aryl methyl sites for hydroxylation is 1. The molecule has 9 rings (SSSR count). The summed E-state index contributed by atoms with van der Waals surface area (Å²) in [6.45, 7) is 6.27. The number of fused-ring (bicyclic) bond motifs is 3. The number of carbonyl (C=O) groups excluding carboxylic acids is 3. The van der Waals surface area contributed by atoms with Crippen LogP contribution in [0.1, 0.15) is 104 Å². The van der Waals surface area contributed by atoms with Crippen LogP contribution in [0, 0.1) is 16.7 Å². The van der Waals surface area contributed by atoms with Crippen LogP contribution in [0.25, 0.3) is 11.0 Å². The maximum atomic E-state index is 14.0. The zero-order chi connectivity index (χ0) is 33.4. The second-order valence-corrected chi connectivity index (χ2v) is 15.5. The summed E-state index contributed by atoms with van der Waals surface area (Å²) in [5, 5.41) is 13.7. The van der Waals surface area contributed by atoms with Gasteiger partial charge in [-0.1, -0.05) is 30.3 Å². The van der Waals surface area contributed by atoms with Gasteiger partial charge in [0.05, 0.1) is 22.5 Å². The zero-order valence-electron chi connectivity index (χ0n) is 28.2. The second-order valence-electron chi connectivity index (χ2n) is 15.5. The minimum atomic E-state index is -0.905. The highest BCUT2D eigenvalue weighted by atomic mass is 16.2. The molecule has 0 unspecified atom stereocenters. The van der Waals surface area contributed by atoms with Crippen LogP contribution >= 0.6 is 0 Å². The monoisotopic (exact) mass is 647 g/mol. The average molecular weight is 648 g/mol. The van der Waals surface area contributed by atoms with E-state index in [1.54, 1.807) is 24.0 Å². The number of nitrogens with one attached hydrogen (secondary N) is 4. The number of aromatic amines is 1. The Morgan fingerprint density at radius 1 is 1.06 bits per heavy atom. The van der Waals surface area contributed by atoms with E-state index in [0.717, 1.165) is 61.5 Å². The molecule has 2 aromatic heterocycles. The van der Waals surface area contributed by atoms with E-state index in [0.29, 0.717) is 24.0 Å². The van der Waals surface area contributed by atoms with Gasteiger partial charge in [0.1, 0.15) is 17.6 Å². The third-order valence-corrected chi connectivity index (χ3v) is 12.2. The number of hydrogen-bond donors (Lipinski definition) is 4. The van der Waals surface area contributed by atoms with Gasteiger partial charge in [0.2, 0.25) is 11.8 Å². The summed E-state index contributed by atoms with van der Waals surface area (Å²) in [6.07, 6.45) is 8.96. The average Bonchev–Trinajstić information content (AvgIpc) is 3.58. The maximum Gasteiger partial charge on any atom is 0.270 e. The van der Waals surface area contributed by atoms with Gasteiger partial charge in [-0.2, -0.15) is 5.10 Å². The molecular formula is C38H45N7O3. The molecule has 2 aromatic carbocycles. The SMILES string of the molecule is CCNC(=O)[C@H](NC(=O)C(C)(C)c1ccc2nc([C@@H](NC(=O)c3ccnn3C)[C@H]3c4ccccc4CC34CC4)[nH]c2c1)C12CCC(C1)C2.